The Morgan fingerprint density at radius 1 is 1.09 bits per heavy atom. The molecule has 0 radical (unpaired) electrons. The summed E-state index contributed by atoms with van der Waals surface area (Å²) in [5.41, 5.74) is 3.49. The van der Waals surface area contributed by atoms with Gasteiger partial charge >= 0.3 is 6.01 Å². The summed E-state index contributed by atoms with van der Waals surface area (Å²) in [5.74, 6) is 2.65. The molecule has 0 spiro atoms. The average Bonchev–Trinajstić information content (AvgIpc) is 3.16. The fourth-order valence-corrected chi connectivity index (χ4v) is 4.16. The highest BCUT2D eigenvalue weighted by Gasteiger charge is 2.25. The van der Waals surface area contributed by atoms with E-state index in [1.807, 2.05) is 18.2 Å². The zero-order valence-corrected chi connectivity index (χ0v) is 19.5. The Balaban J connectivity index is 1.31. The molecule has 0 bridgehead atoms. The van der Waals surface area contributed by atoms with Crippen molar-refractivity contribution >= 4 is 23.0 Å². The van der Waals surface area contributed by atoms with Gasteiger partial charge in [0.1, 0.15) is 30.6 Å². The molecule has 4 heterocycles. The predicted molar refractivity (Wildman–Crippen MR) is 132 cm³/mol. The smallest absolute Gasteiger partial charge is 0.320 e. The molecule has 2 unspecified atom stereocenters. The van der Waals surface area contributed by atoms with E-state index in [0.717, 1.165) is 24.6 Å². The van der Waals surface area contributed by atoms with E-state index in [1.165, 1.54) is 11.3 Å². The summed E-state index contributed by atoms with van der Waals surface area (Å²) in [6.45, 7) is 8.05. The zero-order chi connectivity index (χ0) is 23.3. The van der Waals surface area contributed by atoms with Crippen molar-refractivity contribution in [1.82, 2.24) is 15.0 Å². The van der Waals surface area contributed by atoms with Gasteiger partial charge in [0.2, 0.25) is 0 Å². The van der Waals surface area contributed by atoms with Gasteiger partial charge in [0.05, 0.1) is 19.4 Å². The maximum atomic E-state index is 5.87. The van der Waals surface area contributed by atoms with E-state index in [-0.39, 0.29) is 0 Å². The van der Waals surface area contributed by atoms with E-state index >= 15 is 0 Å². The lowest BCUT2D eigenvalue weighted by Crippen LogP contribution is -2.36. The molecule has 1 fully saturated rings. The lowest BCUT2D eigenvalue weighted by atomic mass is 9.98. The lowest BCUT2D eigenvalue weighted by Gasteiger charge is -2.28. The first-order valence-corrected chi connectivity index (χ1v) is 11.7. The molecule has 2 aliphatic rings. The minimum Gasteiger partial charge on any atom is -0.488 e. The van der Waals surface area contributed by atoms with Crippen molar-refractivity contribution in [3.05, 3.63) is 54.4 Å². The first kappa shape index (κ1) is 22.2. The molecule has 5 rings (SSSR count). The normalized spacial score (nSPS) is 19.3. The van der Waals surface area contributed by atoms with Crippen molar-refractivity contribution in [3.8, 4) is 11.8 Å². The molecule has 0 saturated carbocycles. The van der Waals surface area contributed by atoms with Crippen LogP contribution in [0.15, 0.2) is 48.8 Å². The summed E-state index contributed by atoms with van der Waals surface area (Å²) in [6.07, 6.45) is 3.38. The van der Waals surface area contributed by atoms with Crippen molar-refractivity contribution in [2.24, 2.45) is 0 Å². The zero-order valence-electron chi connectivity index (χ0n) is 19.5. The summed E-state index contributed by atoms with van der Waals surface area (Å²) < 4.78 is 17.0. The molecule has 2 aromatic heterocycles. The van der Waals surface area contributed by atoms with E-state index in [9.17, 15) is 0 Å². The molecule has 9 nitrogen and oxygen atoms in total. The van der Waals surface area contributed by atoms with Crippen LogP contribution >= 0.6 is 0 Å². The minimum atomic E-state index is 0.311. The number of morpholine rings is 1. The Hall–Kier alpha value is -3.59. The van der Waals surface area contributed by atoms with Crippen LogP contribution in [0.25, 0.3) is 0 Å². The second-order valence-electron chi connectivity index (χ2n) is 8.53. The van der Waals surface area contributed by atoms with Crippen LogP contribution in [0.2, 0.25) is 0 Å². The molecule has 178 valence electrons. The van der Waals surface area contributed by atoms with Gasteiger partial charge in [-0.3, -0.25) is 4.98 Å². The number of rotatable bonds is 8. The van der Waals surface area contributed by atoms with Crippen LogP contribution < -0.4 is 25.0 Å². The van der Waals surface area contributed by atoms with Crippen LogP contribution in [0.3, 0.4) is 0 Å². The van der Waals surface area contributed by atoms with Gasteiger partial charge in [0.15, 0.2) is 0 Å². The van der Waals surface area contributed by atoms with Crippen molar-refractivity contribution < 1.29 is 14.2 Å². The third-order valence-electron chi connectivity index (χ3n) is 6.19. The molecule has 2 aliphatic heterocycles. The fourth-order valence-electron chi connectivity index (χ4n) is 4.16. The summed E-state index contributed by atoms with van der Waals surface area (Å²) in [6, 6.07) is 12.8. The molecular formula is C25H30N6O3. The molecule has 2 atom stereocenters. The van der Waals surface area contributed by atoms with Gasteiger partial charge in [-0.2, -0.15) is 9.97 Å². The van der Waals surface area contributed by atoms with E-state index < -0.39 is 0 Å². The SMILES string of the molecule is CC1Nc2ccc(Nc3cc(N4CCOCC4)nc(OCCOc4cccnc4)n3)cc2C1C. The molecule has 0 amide bonds. The monoisotopic (exact) mass is 462 g/mol. The summed E-state index contributed by atoms with van der Waals surface area (Å²) in [5, 5.41) is 6.98. The second kappa shape index (κ2) is 10.1. The highest BCUT2D eigenvalue weighted by molar-refractivity contribution is 5.68. The quantitative estimate of drug-likeness (QED) is 0.485. The molecular weight excluding hydrogens is 432 g/mol. The van der Waals surface area contributed by atoms with E-state index in [4.69, 9.17) is 14.2 Å². The largest absolute Gasteiger partial charge is 0.488 e. The molecule has 1 saturated heterocycles. The Morgan fingerprint density at radius 3 is 2.76 bits per heavy atom. The van der Waals surface area contributed by atoms with Crippen molar-refractivity contribution in [2.45, 2.75) is 25.8 Å². The Labute approximate surface area is 199 Å². The van der Waals surface area contributed by atoms with Crippen molar-refractivity contribution in [2.75, 3.05) is 55.1 Å². The van der Waals surface area contributed by atoms with Gasteiger partial charge in [-0.1, -0.05) is 6.92 Å². The van der Waals surface area contributed by atoms with Crippen LogP contribution in [0.5, 0.6) is 11.8 Å². The predicted octanol–water partition coefficient (Wildman–Crippen LogP) is 3.83. The molecule has 0 aliphatic carbocycles. The van der Waals surface area contributed by atoms with E-state index in [1.54, 1.807) is 12.4 Å². The third-order valence-corrected chi connectivity index (χ3v) is 6.19. The number of nitrogens with one attached hydrogen (secondary N) is 2. The topological polar surface area (TPSA) is 93.7 Å². The van der Waals surface area contributed by atoms with Crippen LogP contribution in [0.1, 0.15) is 25.3 Å². The molecule has 2 N–H and O–H groups in total. The standard InChI is InChI=1S/C25H30N6O3/c1-17-18(2)27-22-6-5-19(14-21(17)22)28-23-15-24(31-8-10-32-11-9-31)30-25(29-23)34-13-12-33-20-4-3-7-26-16-20/h3-7,14-18,27H,8-13H2,1-2H3,(H,28,29,30). The number of ether oxygens (including phenoxy) is 3. The van der Waals surface area contributed by atoms with Crippen LogP contribution in [0.4, 0.5) is 23.0 Å². The number of nitrogens with zero attached hydrogens (tertiary/aromatic N) is 4. The van der Waals surface area contributed by atoms with Crippen LogP contribution in [-0.4, -0.2) is 60.5 Å². The first-order chi connectivity index (χ1) is 16.7. The van der Waals surface area contributed by atoms with Crippen molar-refractivity contribution in [1.29, 1.82) is 0 Å². The van der Waals surface area contributed by atoms with Gasteiger partial charge in [-0.05, 0) is 42.8 Å². The van der Waals surface area contributed by atoms with E-state index in [2.05, 4.69) is 62.5 Å². The van der Waals surface area contributed by atoms with Gasteiger partial charge in [-0.15, -0.1) is 0 Å². The Morgan fingerprint density at radius 2 is 1.94 bits per heavy atom. The van der Waals surface area contributed by atoms with Crippen LogP contribution in [-0.2, 0) is 4.74 Å². The lowest BCUT2D eigenvalue weighted by molar-refractivity contribution is 0.122. The maximum absolute atomic E-state index is 5.87. The number of hydrogen-bond donors (Lipinski definition) is 2. The first-order valence-electron chi connectivity index (χ1n) is 11.7. The van der Waals surface area contributed by atoms with Crippen LogP contribution in [0, 0.1) is 0 Å². The minimum absolute atomic E-state index is 0.311. The molecule has 9 heteroatoms. The van der Waals surface area contributed by atoms with Gasteiger partial charge in [0, 0.05) is 48.7 Å². The number of hydrogen-bond acceptors (Lipinski definition) is 9. The number of pyridine rings is 1. The van der Waals surface area contributed by atoms with Gasteiger partial charge in [-0.25, -0.2) is 0 Å². The molecule has 34 heavy (non-hydrogen) atoms. The number of fused-ring (bicyclic) bond motifs is 1. The number of benzene rings is 1. The molecule has 3 aromatic rings. The number of anilines is 4. The average molecular weight is 463 g/mol. The Kier molecular flexibility index (Phi) is 6.62. The Bertz CT molecular complexity index is 1110. The van der Waals surface area contributed by atoms with Crippen molar-refractivity contribution in [3.63, 3.8) is 0 Å². The third kappa shape index (κ3) is 5.14. The summed E-state index contributed by atoms with van der Waals surface area (Å²) >= 11 is 0. The summed E-state index contributed by atoms with van der Waals surface area (Å²) in [7, 11) is 0. The van der Waals surface area contributed by atoms with Gasteiger partial charge < -0.3 is 29.7 Å². The highest BCUT2D eigenvalue weighted by atomic mass is 16.5. The fraction of sp³-hybridized carbons (Fsp3) is 0.400. The summed E-state index contributed by atoms with van der Waals surface area (Å²) in [4.78, 5) is 15.5. The van der Waals surface area contributed by atoms with E-state index in [0.29, 0.717) is 56.0 Å². The number of aromatic nitrogens is 3. The highest BCUT2D eigenvalue weighted by Crippen LogP contribution is 2.37. The molecule has 1 aromatic carbocycles. The van der Waals surface area contributed by atoms with Gasteiger partial charge in [0.25, 0.3) is 0 Å². The maximum Gasteiger partial charge on any atom is 0.320 e. The second-order valence-corrected chi connectivity index (χ2v) is 8.53.